The number of carbonyl (C=O) groups excluding carboxylic acids is 1. The molecule has 0 heterocycles. The molecule has 120 valence electrons. The van der Waals surface area contributed by atoms with Gasteiger partial charge in [-0.2, -0.15) is 0 Å². The van der Waals surface area contributed by atoms with Crippen LogP contribution in [0.25, 0.3) is 0 Å². The summed E-state index contributed by atoms with van der Waals surface area (Å²) >= 11 is 1.74. The summed E-state index contributed by atoms with van der Waals surface area (Å²) < 4.78 is 10.2. The lowest BCUT2D eigenvalue weighted by Crippen LogP contribution is -2.26. The first-order chi connectivity index (χ1) is 10.7. The smallest absolute Gasteiger partial charge is 0.309 e. The van der Waals surface area contributed by atoms with Crippen LogP contribution in [0.1, 0.15) is 32.6 Å². The zero-order valence-electron chi connectivity index (χ0n) is 13.5. The number of esters is 1. The minimum absolute atomic E-state index is 0.140. The Kier molecular flexibility index (Phi) is 6.37. The molecule has 1 aliphatic rings. The highest BCUT2D eigenvalue weighted by Gasteiger charge is 2.29. The van der Waals surface area contributed by atoms with Gasteiger partial charge in [0.2, 0.25) is 0 Å². The number of carbonyl (C=O) groups is 1. The van der Waals surface area contributed by atoms with Gasteiger partial charge in [-0.3, -0.25) is 4.79 Å². The van der Waals surface area contributed by atoms with Gasteiger partial charge < -0.3 is 9.47 Å². The molecule has 0 bridgehead atoms. The van der Waals surface area contributed by atoms with Crippen LogP contribution in [0.3, 0.4) is 0 Å². The normalized spacial score (nSPS) is 17.3. The quantitative estimate of drug-likeness (QED) is 0.440. The molecule has 2 rings (SSSR count). The molecule has 1 aromatic rings. The average Bonchev–Trinajstić information content (AvgIpc) is 2.59. The van der Waals surface area contributed by atoms with E-state index >= 15 is 0 Å². The van der Waals surface area contributed by atoms with E-state index in [1.807, 2.05) is 31.2 Å². The third-order valence-electron chi connectivity index (χ3n) is 4.04. The Morgan fingerprint density at radius 2 is 1.91 bits per heavy atom. The van der Waals surface area contributed by atoms with Crippen molar-refractivity contribution in [2.45, 2.75) is 42.8 Å². The summed E-state index contributed by atoms with van der Waals surface area (Å²) in [6.45, 7) is 1.96. The molecule has 0 saturated heterocycles. The number of hydrogen-bond donors (Lipinski definition) is 0. The number of benzene rings is 1. The molecule has 0 saturated carbocycles. The second kappa shape index (κ2) is 8.28. The number of rotatable bonds is 6. The van der Waals surface area contributed by atoms with Gasteiger partial charge in [0, 0.05) is 10.1 Å². The van der Waals surface area contributed by atoms with Crippen LogP contribution in [0, 0.1) is 5.92 Å². The largest absolute Gasteiger partial charge is 0.497 e. The summed E-state index contributed by atoms with van der Waals surface area (Å²) in [5.41, 5.74) is 1.38. The van der Waals surface area contributed by atoms with Crippen LogP contribution in [0.4, 0.5) is 0 Å². The van der Waals surface area contributed by atoms with Crippen LogP contribution >= 0.6 is 11.8 Å². The maximum absolute atomic E-state index is 12.0. The number of ether oxygens (including phenoxy) is 2. The summed E-state index contributed by atoms with van der Waals surface area (Å²) in [6.07, 6.45) is 6.96. The molecular weight excluding hydrogens is 296 g/mol. The van der Waals surface area contributed by atoms with Gasteiger partial charge in [-0.1, -0.05) is 18.6 Å². The highest BCUT2D eigenvalue weighted by atomic mass is 32.2. The highest BCUT2D eigenvalue weighted by molar-refractivity contribution is 8.00. The van der Waals surface area contributed by atoms with Gasteiger partial charge in [-0.25, -0.2) is 0 Å². The van der Waals surface area contributed by atoms with E-state index in [1.165, 1.54) is 25.5 Å². The molecule has 0 spiro atoms. The van der Waals surface area contributed by atoms with Crippen molar-refractivity contribution in [2.75, 3.05) is 14.2 Å². The molecule has 0 fully saturated rings. The van der Waals surface area contributed by atoms with Gasteiger partial charge in [0.25, 0.3) is 0 Å². The first kappa shape index (κ1) is 16.9. The minimum atomic E-state index is -0.151. The van der Waals surface area contributed by atoms with Crippen molar-refractivity contribution in [1.82, 2.24) is 0 Å². The van der Waals surface area contributed by atoms with Crippen molar-refractivity contribution in [3.05, 3.63) is 35.9 Å². The van der Waals surface area contributed by atoms with E-state index in [0.717, 1.165) is 23.5 Å². The van der Waals surface area contributed by atoms with Crippen LogP contribution in [-0.2, 0) is 9.53 Å². The third kappa shape index (κ3) is 4.29. The Labute approximate surface area is 137 Å². The molecular formula is C18H24O3S. The lowest BCUT2D eigenvalue weighted by molar-refractivity contribution is -0.144. The number of thioether (sulfide) groups is 1. The van der Waals surface area contributed by atoms with Crippen LogP contribution in [-0.4, -0.2) is 25.4 Å². The second-order valence-electron chi connectivity index (χ2n) is 5.55. The molecule has 4 heteroatoms. The predicted molar refractivity (Wildman–Crippen MR) is 90.4 cm³/mol. The van der Waals surface area contributed by atoms with Crippen molar-refractivity contribution in [1.29, 1.82) is 0 Å². The Balaban J connectivity index is 2.19. The summed E-state index contributed by atoms with van der Waals surface area (Å²) in [4.78, 5) is 13.2. The summed E-state index contributed by atoms with van der Waals surface area (Å²) in [6, 6.07) is 8.00. The molecule has 1 aromatic carbocycles. The molecule has 3 nitrogen and oxygen atoms in total. The Morgan fingerprint density at radius 1 is 1.18 bits per heavy atom. The molecule has 0 N–H and O–H groups in total. The van der Waals surface area contributed by atoms with Gasteiger partial charge in [-0.05, 0) is 49.9 Å². The van der Waals surface area contributed by atoms with Crippen molar-refractivity contribution in [3.8, 4) is 5.75 Å². The SMILES string of the molecule is COC(=O)[C@@H](C)[C@@H](Sc1ccc(OC)cc1)C1=CCCCC1. The Morgan fingerprint density at radius 3 is 2.45 bits per heavy atom. The maximum atomic E-state index is 12.0. The van der Waals surface area contributed by atoms with Crippen molar-refractivity contribution < 1.29 is 14.3 Å². The van der Waals surface area contributed by atoms with Crippen LogP contribution in [0.15, 0.2) is 40.8 Å². The number of allylic oxidation sites excluding steroid dienone is 1. The van der Waals surface area contributed by atoms with Gasteiger partial charge in [0.05, 0.1) is 20.1 Å². The van der Waals surface area contributed by atoms with E-state index in [-0.39, 0.29) is 17.1 Å². The molecule has 0 aliphatic heterocycles. The lowest BCUT2D eigenvalue weighted by atomic mass is 9.91. The standard InChI is InChI=1S/C18H24O3S/c1-13(18(19)21-3)17(14-7-5-4-6-8-14)22-16-11-9-15(20-2)10-12-16/h7,9-13,17H,4-6,8H2,1-3H3/t13-,17+/m0/s1. The van der Waals surface area contributed by atoms with Gasteiger partial charge in [0.15, 0.2) is 0 Å². The van der Waals surface area contributed by atoms with E-state index in [9.17, 15) is 4.79 Å². The van der Waals surface area contributed by atoms with Crippen molar-refractivity contribution in [2.24, 2.45) is 5.92 Å². The van der Waals surface area contributed by atoms with E-state index in [1.54, 1.807) is 18.9 Å². The first-order valence-corrected chi connectivity index (χ1v) is 8.61. The van der Waals surface area contributed by atoms with E-state index < -0.39 is 0 Å². The summed E-state index contributed by atoms with van der Waals surface area (Å²) in [5.74, 6) is 0.553. The fourth-order valence-corrected chi connectivity index (χ4v) is 4.00. The number of hydrogen-bond acceptors (Lipinski definition) is 4. The first-order valence-electron chi connectivity index (χ1n) is 7.73. The van der Waals surface area contributed by atoms with Crippen LogP contribution in [0.5, 0.6) is 5.75 Å². The fraction of sp³-hybridized carbons (Fsp3) is 0.500. The van der Waals surface area contributed by atoms with Crippen LogP contribution < -0.4 is 4.74 Å². The van der Waals surface area contributed by atoms with E-state index in [4.69, 9.17) is 9.47 Å². The highest BCUT2D eigenvalue weighted by Crippen LogP contribution is 2.38. The summed E-state index contributed by atoms with van der Waals surface area (Å²) in [5, 5.41) is 0.140. The molecule has 0 amide bonds. The zero-order valence-corrected chi connectivity index (χ0v) is 14.3. The van der Waals surface area contributed by atoms with Crippen molar-refractivity contribution in [3.63, 3.8) is 0 Å². The molecule has 0 radical (unpaired) electrons. The molecule has 0 unspecified atom stereocenters. The van der Waals surface area contributed by atoms with Crippen LogP contribution in [0.2, 0.25) is 0 Å². The molecule has 0 aromatic heterocycles. The third-order valence-corrected chi connectivity index (χ3v) is 5.55. The Hall–Kier alpha value is -1.42. The van der Waals surface area contributed by atoms with E-state index in [2.05, 4.69) is 6.08 Å². The topological polar surface area (TPSA) is 35.5 Å². The number of methoxy groups -OCH3 is 2. The van der Waals surface area contributed by atoms with Crippen molar-refractivity contribution >= 4 is 17.7 Å². The summed E-state index contributed by atoms with van der Waals surface area (Å²) in [7, 11) is 3.13. The van der Waals surface area contributed by atoms with Gasteiger partial charge >= 0.3 is 5.97 Å². The van der Waals surface area contributed by atoms with Gasteiger partial charge in [-0.15, -0.1) is 11.8 Å². The monoisotopic (exact) mass is 320 g/mol. The molecule has 1 aliphatic carbocycles. The fourth-order valence-electron chi connectivity index (χ4n) is 2.73. The lowest BCUT2D eigenvalue weighted by Gasteiger charge is -2.27. The molecule has 2 atom stereocenters. The Bertz CT molecular complexity index is 522. The average molecular weight is 320 g/mol. The van der Waals surface area contributed by atoms with E-state index in [0.29, 0.717) is 0 Å². The predicted octanol–water partition coefficient (Wildman–Crippen LogP) is 4.47. The zero-order chi connectivity index (χ0) is 15.9. The molecule has 22 heavy (non-hydrogen) atoms. The van der Waals surface area contributed by atoms with Gasteiger partial charge in [0.1, 0.15) is 5.75 Å². The maximum Gasteiger partial charge on any atom is 0.309 e. The second-order valence-corrected chi connectivity index (χ2v) is 6.77. The minimum Gasteiger partial charge on any atom is -0.497 e.